The van der Waals surface area contributed by atoms with Crippen molar-refractivity contribution in [1.29, 1.82) is 0 Å². The van der Waals surface area contributed by atoms with E-state index in [0.29, 0.717) is 5.75 Å². The number of phenols is 1. The van der Waals surface area contributed by atoms with Crippen LogP contribution >= 0.6 is 15.9 Å². The van der Waals surface area contributed by atoms with E-state index in [-0.39, 0.29) is 6.04 Å². The zero-order chi connectivity index (χ0) is 14.7. The topological polar surface area (TPSA) is 41.5 Å². The summed E-state index contributed by atoms with van der Waals surface area (Å²) in [4.78, 5) is 0. The van der Waals surface area contributed by atoms with Crippen LogP contribution in [0.15, 0.2) is 40.9 Å². The lowest BCUT2D eigenvalue weighted by Crippen LogP contribution is -2.07. The lowest BCUT2D eigenvalue weighted by Gasteiger charge is -2.18. The smallest absolute Gasteiger partial charge is 0.133 e. The van der Waals surface area contributed by atoms with Gasteiger partial charge in [0.05, 0.1) is 17.6 Å². The molecule has 1 atom stereocenters. The number of methoxy groups -OCH3 is 1. The van der Waals surface area contributed by atoms with E-state index in [1.165, 1.54) is 0 Å². The molecule has 106 valence electrons. The van der Waals surface area contributed by atoms with Crippen molar-refractivity contribution in [3.05, 3.63) is 52.0 Å². The van der Waals surface area contributed by atoms with E-state index in [2.05, 4.69) is 21.2 Å². The second-order valence-corrected chi connectivity index (χ2v) is 5.63. The zero-order valence-electron chi connectivity index (χ0n) is 11.8. The third-order valence-corrected chi connectivity index (χ3v) is 3.81. The average molecular weight is 336 g/mol. The van der Waals surface area contributed by atoms with Crippen molar-refractivity contribution in [1.82, 2.24) is 0 Å². The Morgan fingerprint density at radius 2 is 1.95 bits per heavy atom. The van der Waals surface area contributed by atoms with E-state index in [1.807, 2.05) is 44.2 Å². The van der Waals surface area contributed by atoms with Gasteiger partial charge in [0.25, 0.3) is 0 Å². The molecular weight excluding hydrogens is 318 g/mol. The van der Waals surface area contributed by atoms with Crippen LogP contribution < -0.4 is 10.1 Å². The van der Waals surface area contributed by atoms with E-state index < -0.39 is 0 Å². The molecule has 0 amide bonds. The first-order valence-electron chi connectivity index (χ1n) is 6.41. The number of phenolic OH excluding ortho intramolecular Hbond substituents is 1. The number of hydrogen-bond acceptors (Lipinski definition) is 3. The van der Waals surface area contributed by atoms with Crippen molar-refractivity contribution in [3.63, 3.8) is 0 Å². The van der Waals surface area contributed by atoms with Crippen LogP contribution in [0.1, 0.15) is 24.1 Å². The molecule has 2 aromatic carbocycles. The van der Waals surface area contributed by atoms with Crippen LogP contribution in [-0.2, 0) is 0 Å². The van der Waals surface area contributed by atoms with E-state index in [4.69, 9.17) is 4.74 Å². The fraction of sp³-hybridized carbons (Fsp3) is 0.250. The molecule has 0 saturated carbocycles. The molecule has 0 heterocycles. The van der Waals surface area contributed by atoms with Crippen molar-refractivity contribution in [3.8, 4) is 11.5 Å². The maximum atomic E-state index is 10.0. The second kappa shape index (κ2) is 6.18. The molecule has 0 aliphatic heterocycles. The van der Waals surface area contributed by atoms with E-state index >= 15 is 0 Å². The molecule has 4 heteroatoms. The van der Waals surface area contributed by atoms with Crippen LogP contribution in [0.5, 0.6) is 11.5 Å². The Balaban J connectivity index is 2.18. The summed E-state index contributed by atoms with van der Waals surface area (Å²) in [6.07, 6.45) is 0. The molecular formula is C16H18BrNO2. The molecule has 0 aliphatic rings. The molecule has 0 radical (unpaired) electrons. The number of benzene rings is 2. The van der Waals surface area contributed by atoms with Crippen LogP contribution in [0.2, 0.25) is 0 Å². The van der Waals surface area contributed by atoms with Gasteiger partial charge in [0.15, 0.2) is 0 Å². The Kier molecular flexibility index (Phi) is 4.55. The van der Waals surface area contributed by atoms with Gasteiger partial charge in [-0.1, -0.05) is 12.1 Å². The van der Waals surface area contributed by atoms with Crippen LogP contribution in [0.25, 0.3) is 0 Å². The van der Waals surface area contributed by atoms with E-state index in [1.54, 1.807) is 13.2 Å². The van der Waals surface area contributed by atoms with Gasteiger partial charge in [0.2, 0.25) is 0 Å². The van der Waals surface area contributed by atoms with Gasteiger partial charge in [-0.05, 0) is 59.6 Å². The maximum absolute atomic E-state index is 10.0. The minimum atomic E-state index is 0.0101. The SMILES string of the molecule is COc1ccc(NC(C)c2ccc(C)cc2O)cc1Br. The molecule has 2 aromatic rings. The summed E-state index contributed by atoms with van der Waals surface area (Å²) < 4.78 is 6.10. The molecule has 0 saturated heterocycles. The predicted molar refractivity (Wildman–Crippen MR) is 85.6 cm³/mol. The number of rotatable bonds is 4. The first kappa shape index (κ1) is 14.7. The molecule has 0 spiro atoms. The quantitative estimate of drug-likeness (QED) is 0.854. The zero-order valence-corrected chi connectivity index (χ0v) is 13.4. The fourth-order valence-electron chi connectivity index (χ4n) is 2.10. The predicted octanol–water partition coefficient (Wildman–Crippen LogP) is 4.64. The molecule has 1 unspecified atom stereocenters. The number of aryl methyl sites for hydroxylation is 1. The molecule has 0 aromatic heterocycles. The third kappa shape index (κ3) is 3.25. The number of nitrogens with one attached hydrogen (secondary N) is 1. The van der Waals surface area contributed by atoms with Crippen molar-refractivity contribution in [2.75, 3.05) is 12.4 Å². The van der Waals surface area contributed by atoms with Gasteiger partial charge in [-0.3, -0.25) is 0 Å². The van der Waals surface area contributed by atoms with Crippen LogP contribution in [-0.4, -0.2) is 12.2 Å². The number of hydrogen-bond donors (Lipinski definition) is 2. The van der Waals surface area contributed by atoms with Gasteiger partial charge >= 0.3 is 0 Å². The van der Waals surface area contributed by atoms with Crippen molar-refractivity contribution >= 4 is 21.6 Å². The molecule has 0 bridgehead atoms. The van der Waals surface area contributed by atoms with Crippen LogP contribution in [0.3, 0.4) is 0 Å². The molecule has 2 N–H and O–H groups in total. The Morgan fingerprint density at radius 3 is 2.55 bits per heavy atom. The van der Waals surface area contributed by atoms with E-state index in [9.17, 15) is 5.11 Å². The number of aromatic hydroxyl groups is 1. The highest BCUT2D eigenvalue weighted by atomic mass is 79.9. The van der Waals surface area contributed by atoms with Gasteiger partial charge in [-0.25, -0.2) is 0 Å². The van der Waals surface area contributed by atoms with Crippen molar-refractivity contribution in [2.45, 2.75) is 19.9 Å². The summed E-state index contributed by atoms with van der Waals surface area (Å²) in [5.74, 6) is 1.11. The highest BCUT2D eigenvalue weighted by Crippen LogP contribution is 2.31. The Bertz CT molecular complexity index is 613. The van der Waals surface area contributed by atoms with Gasteiger partial charge < -0.3 is 15.2 Å². The highest BCUT2D eigenvalue weighted by Gasteiger charge is 2.11. The van der Waals surface area contributed by atoms with Crippen molar-refractivity contribution in [2.24, 2.45) is 0 Å². The number of halogens is 1. The van der Waals surface area contributed by atoms with Crippen molar-refractivity contribution < 1.29 is 9.84 Å². The van der Waals surface area contributed by atoms with Crippen LogP contribution in [0, 0.1) is 6.92 Å². The van der Waals surface area contributed by atoms with Gasteiger partial charge in [-0.15, -0.1) is 0 Å². The van der Waals surface area contributed by atoms with Gasteiger partial charge in [-0.2, -0.15) is 0 Å². The van der Waals surface area contributed by atoms with Gasteiger partial charge in [0.1, 0.15) is 11.5 Å². The number of anilines is 1. The fourth-order valence-corrected chi connectivity index (χ4v) is 2.64. The highest BCUT2D eigenvalue weighted by molar-refractivity contribution is 9.10. The molecule has 0 fully saturated rings. The largest absolute Gasteiger partial charge is 0.508 e. The number of ether oxygens (including phenoxy) is 1. The first-order valence-corrected chi connectivity index (χ1v) is 7.20. The van der Waals surface area contributed by atoms with Crippen LogP contribution in [0.4, 0.5) is 5.69 Å². The summed E-state index contributed by atoms with van der Waals surface area (Å²) in [7, 11) is 1.64. The normalized spacial score (nSPS) is 12.0. The monoisotopic (exact) mass is 335 g/mol. The minimum absolute atomic E-state index is 0.0101. The van der Waals surface area contributed by atoms with Gasteiger partial charge in [0, 0.05) is 11.3 Å². The summed E-state index contributed by atoms with van der Waals surface area (Å²) in [5.41, 5.74) is 2.89. The Labute approximate surface area is 127 Å². The summed E-state index contributed by atoms with van der Waals surface area (Å²) in [6, 6.07) is 11.5. The molecule has 0 aliphatic carbocycles. The lowest BCUT2D eigenvalue weighted by molar-refractivity contribution is 0.412. The third-order valence-electron chi connectivity index (χ3n) is 3.19. The lowest BCUT2D eigenvalue weighted by atomic mass is 10.0. The minimum Gasteiger partial charge on any atom is -0.508 e. The van der Waals surface area contributed by atoms with E-state index in [0.717, 1.165) is 27.0 Å². The maximum Gasteiger partial charge on any atom is 0.133 e. The molecule has 3 nitrogen and oxygen atoms in total. The first-order chi connectivity index (χ1) is 9.51. The summed E-state index contributed by atoms with van der Waals surface area (Å²) >= 11 is 3.46. The average Bonchev–Trinajstić information content (AvgIpc) is 2.38. The molecule has 2 rings (SSSR count). The standard InChI is InChI=1S/C16H18BrNO2/c1-10-4-6-13(15(19)8-10)11(2)18-12-5-7-16(20-3)14(17)9-12/h4-9,11,18-19H,1-3H3. The molecule has 20 heavy (non-hydrogen) atoms. The Morgan fingerprint density at radius 1 is 1.20 bits per heavy atom. The second-order valence-electron chi connectivity index (χ2n) is 4.78. The summed E-state index contributed by atoms with van der Waals surface area (Å²) in [5, 5.41) is 13.4. The Hall–Kier alpha value is -1.68. The summed E-state index contributed by atoms with van der Waals surface area (Å²) in [6.45, 7) is 3.98.